The highest BCUT2D eigenvalue weighted by atomic mass is 19.1. The lowest BCUT2D eigenvalue weighted by Gasteiger charge is -2.23. The number of fused-ring (bicyclic) bond motifs is 2. The Labute approximate surface area is 213 Å². The highest BCUT2D eigenvalue weighted by Crippen LogP contribution is 2.33. The number of methoxy groups -OCH3 is 1. The molecule has 0 saturated carbocycles. The van der Waals surface area contributed by atoms with Gasteiger partial charge in [-0.2, -0.15) is 0 Å². The zero-order chi connectivity index (χ0) is 27.0. The summed E-state index contributed by atoms with van der Waals surface area (Å²) in [5, 5.41) is 4.50. The molecule has 1 aromatic carbocycles. The van der Waals surface area contributed by atoms with Gasteiger partial charge in [-0.25, -0.2) is 23.5 Å². The molecule has 5 rings (SSSR count). The third kappa shape index (κ3) is 4.45. The van der Waals surface area contributed by atoms with Gasteiger partial charge in [-0.15, -0.1) is 0 Å². The fraction of sp³-hybridized carbons (Fsp3) is 0.160. The summed E-state index contributed by atoms with van der Waals surface area (Å²) in [5.41, 5.74) is 6.66. The number of nitrogens with two attached hydrogens (primary N) is 1. The summed E-state index contributed by atoms with van der Waals surface area (Å²) < 4.78 is 40.4. The number of hydrogen-bond donors (Lipinski definition) is 3. The van der Waals surface area contributed by atoms with E-state index in [1.54, 1.807) is 12.1 Å². The molecule has 13 heteroatoms. The maximum atomic E-state index is 14.9. The molecule has 0 unspecified atom stereocenters. The van der Waals surface area contributed by atoms with Crippen LogP contribution in [0, 0.1) is 11.6 Å². The molecule has 4 aromatic rings. The van der Waals surface area contributed by atoms with Crippen LogP contribution in [0.4, 0.5) is 19.4 Å². The number of nitrogens with zero attached hydrogens (tertiary/aromatic N) is 3. The number of anilines is 1. The molecular formula is C25H20F2N6O5. The van der Waals surface area contributed by atoms with E-state index in [0.717, 1.165) is 6.07 Å². The summed E-state index contributed by atoms with van der Waals surface area (Å²) >= 11 is 0. The molecule has 38 heavy (non-hydrogen) atoms. The zero-order valence-corrected chi connectivity index (χ0v) is 19.8. The fourth-order valence-electron chi connectivity index (χ4n) is 4.26. The molecule has 0 bridgehead atoms. The Kier molecular flexibility index (Phi) is 6.33. The van der Waals surface area contributed by atoms with Crippen LogP contribution in [0.15, 0.2) is 47.0 Å². The maximum Gasteiger partial charge on any atom is 0.321 e. The summed E-state index contributed by atoms with van der Waals surface area (Å²) in [6, 6.07) is 6.83. The van der Waals surface area contributed by atoms with Crippen molar-refractivity contribution in [3.05, 3.63) is 71.1 Å². The summed E-state index contributed by atoms with van der Waals surface area (Å²) in [6.45, 7) is -0.0947. The van der Waals surface area contributed by atoms with Gasteiger partial charge in [0.1, 0.15) is 28.8 Å². The molecule has 4 amide bonds. The maximum absolute atomic E-state index is 14.9. The Morgan fingerprint density at radius 3 is 2.82 bits per heavy atom. The van der Waals surface area contributed by atoms with Gasteiger partial charge in [-0.3, -0.25) is 14.9 Å². The van der Waals surface area contributed by atoms with Crippen LogP contribution in [0.2, 0.25) is 0 Å². The largest absolute Gasteiger partial charge is 0.494 e. The minimum Gasteiger partial charge on any atom is -0.494 e. The molecule has 1 aliphatic rings. The highest BCUT2D eigenvalue weighted by Gasteiger charge is 2.35. The third-order valence-electron chi connectivity index (χ3n) is 6.05. The molecule has 0 fully saturated rings. The first-order chi connectivity index (χ1) is 18.3. The van der Waals surface area contributed by atoms with E-state index in [2.05, 4.69) is 15.3 Å². The number of nitrogen functional groups attached to an aromatic ring is 1. The average molecular weight is 522 g/mol. The van der Waals surface area contributed by atoms with Crippen molar-refractivity contribution in [3.63, 3.8) is 0 Å². The Morgan fingerprint density at radius 2 is 2.11 bits per heavy atom. The van der Waals surface area contributed by atoms with E-state index in [-0.39, 0.29) is 59.2 Å². The number of aromatic nitrogens is 2. The van der Waals surface area contributed by atoms with E-state index in [4.69, 9.17) is 14.9 Å². The quantitative estimate of drug-likeness (QED) is 0.313. The first kappa shape index (κ1) is 24.6. The van der Waals surface area contributed by atoms with Crippen LogP contribution >= 0.6 is 0 Å². The Bertz CT molecular complexity index is 1570. The van der Waals surface area contributed by atoms with Crippen LogP contribution in [-0.4, -0.2) is 46.9 Å². The number of pyridine rings is 2. The first-order valence-corrected chi connectivity index (χ1v) is 11.3. The molecule has 1 atom stereocenters. The predicted molar refractivity (Wildman–Crippen MR) is 130 cm³/mol. The van der Waals surface area contributed by atoms with Crippen LogP contribution in [-0.2, 0) is 11.3 Å². The average Bonchev–Trinajstić information content (AvgIpc) is 3.44. The number of rotatable bonds is 7. The molecule has 11 nitrogen and oxygen atoms in total. The van der Waals surface area contributed by atoms with Crippen molar-refractivity contribution in [1.29, 1.82) is 0 Å². The number of nitrogens with one attached hydrogen (secondary N) is 2. The summed E-state index contributed by atoms with van der Waals surface area (Å²) in [6.07, 6.45) is 1.57. The van der Waals surface area contributed by atoms with Gasteiger partial charge in [0.25, 0.3) is 5.91 Å². The molecule has 0 aliphatic carbocycles. The van der Waals surface area contributed by atoms with Gasteiger partial charge >= 0.3 is 6.03 Å². The lowest BCUT2D eigenvalue weighted by molar-refractivity contribution is -0.108. The number of hydrogen-bond acceptors (Lipinski definition) is 8. The third-order valence-corrected chi connectivity index (χ3v) is 6.05. The van der Waals surface area contributed by atoms with E-state index in [0.29, 0.717) is 11.1 Å². The van der Waals surface area contributed by atoms with E-state index in [1.165, 1.54) is 36.4 Å². The lowest BCUT2D eigenvalue weighted by Crippen LogP contribution is -2.42. The van der Waals surface area contributed by atoms with Crippen molar-refractivity contribution < 1.29 is 32.3 Å². The van der Waals surface area contributed by atoms with Crippen LogP contribution in [0.3, 0.4) is 0 Å². The first-order valence-electron chi connectivity index (χ1n) is 11.3. The van der Waals surface area contributed by atoms with Crippen molar-refractivity contribution in [2.75, 3.05) is 19.4 Å². The predicted octanol–water partition coefficient (Wildman–Crippen LogP) is 2.91. The number of imide groups is 1. The smallest absolute Gasteiger partial charge is 0.321 e. The van der Waals surface area contributed by atoms with Gasteiger partial charge in [0.2, 0.25) is 6.41 Å². The molecule has 4 N–H and O–H groups in total. The standard InChI is InChI=1S/C25H20F2N6O5/c1-37-17-4-2-13-9-33(24(35)21(13)22(17)27)10-16(32-25(36)30-11-34)19-7-15-18(38-19)6-14(26)23(31-15)12-3-5-20(28)29-8-12/h2-8,11,16H,9-10H2,1H3,(H2,28,29)(H2,30,32,34,36)/t16-/m0/s1. The Morgan fingerprint density at radius 1 is 1.29 bits per heavy atom. The van der Waals surface area contributed by atoms with E-state index in [1.807, 2.05) is 5.32 Å². The number of carbonyl (C=O) groups excluding carboxylic acids is 3. The fourth-order valence-corrected chi connectivity index (χ4v) is 4.26. The van der Waals surface area contributed by atoms with E-state index in [9.17, 15) is 23.2 Å². The van der Waals surface area contributed by atoms with Crippen molar-refractivity contribution in [1.82, 2.24) is 25.5 Å². The number of benzene rings is 1. The summed E-state index contributed by atoms with van der Waals surface area (Å²) in [4.78, 5) is 45.6. The summed E-state index contributed by atoms with van der Waals surface area (Å²) in [7, 11) is 1.29. The van der Waals surface area contributed by atoms with Gasteiger partial charge in [0, 0.05) is 37.0 Å². The van der Waals surface area contributed by atoms with Gasteiger partial charge in [-0.1, -0.05) is 6.07 Å². The monoisotopic (exact) mass is 522 g/mol. The number of furan rings is 1. The topological polar surface area (TPSA) is 153 Å². The lowest BCUT2D eigenvalue weighted by atomic mass is 10.1. The van der Waals surface area contributed by atoms with Gasteiger partial charge in [0.15, 0.2) is 23.0 Å². The van der Waals surface area contributed by atoms with Crippen LogP contribution in [0.5, 0.6) is 5.75 Å². The molecule has 4 heterocycles. The van der Waals surface area contributed by atoms with Crippen molar-refractivity contribution in [2.45, 2.75) is 12.6 Å². The molecule has 0 radical (unpaired) electrons. The molecule has 3 aromatic heterocycles. The van der Waals surface area contributed by atoms with Gasteiger partial charge in [0.05, 0.1) is 12.7 Å². The molecule has 194 valence electrons. The Balaban J connectivity index is 1.48. The van der Waals surface area contributed by atoms with Crippen LogP contribution < -0.4 is 21.1 Å². The normalized spacial score (nSPS) is 13.3. The zero-order valence-electron chi connectivity index (χ0n) is 19.8. The van der Waals surface area contributed by atoms with Crippen molar-refractivity contribution in [2.24, 2.45) is 0 Å². The molecule has 1 aliphatic heterocycles. The van der Waals surface area contributed by atoms with Gasteiger partial charge < -0.3 is 25.1 Å². The Hall–Kier alpha value is -5.07. The second kappa shape index (κ2) is 9.76. The number of ether oxygens (including phenoxy) is 1. The second-order valence-corrected chi connectivity index (χ2v) is 8.41. The molecule has 0 saturated heterocycles. The molecular weight excluding hydrogens is 502 g/mol. The molecule has 0 spiro atoms. The van der Waals surface area contributed by atoms with Crippen LogP contribution in [0.25, 0.3) is 22.4 Å². The van der Waals surface area contributed by atoms with E-state index < -0.39 is 29.6 Å². The van der Waals surface area contributed by atoms with Crippen molar-refractivity contribution >= 4 is 35.3 Å². The van der Waals surface area contributed by atoms with Crippen LogP contribution in [0.1, 0.15) is 27.7 Å². The number of halogens is 2. The minimum absolute atomic E-state index is 0.00940. The SMILES string of the molecule is COc1ccc2c(c1F)C(=O)N(C[C@H](NC(=O)NC=O)c1cc3nc(-c4ccc(N)nc4)c(F)cc3o1)C2. The minimum atomic E-state index is -1.00. The number of amides is 4. The second-order valence-electron chi connectivity index (χ2n) is 8.41. The number of urea groups is 1. The van der Waals surface area contributed by atoms with Crippen molar-refractivity contribution in [3.8, 4) is 17.0 Å². The highest BCUT2D eigenvalue weighted by molar-refractivity contribution is 5.99. The summed E-state index contributed by atoms with van der Waals surface area (Å²) in [5.74, 6) is -1.76. The van der Waals surface area contributed by atoms with Gasteiger partial charge in [-0.05, 0) is 23.8 Å². The van der Waals surface area contributed by atoms with E-state index >= 15 is 0 Å². The number of carbonyl (C=O) groups is 3.